The summed E-state index contributed by atoms with van der Waals surface area (Å²) in [5.74, 6) is 1.61. The number of nitrogens with one attached hydrogen (secondary N) is 1. The minimum Gasteiger partial charge on any atom is -0.338 e. The number of benzene rings is 2. The maximum Gasteiger partial charge on any atom is 0.256 e. The molecule has 1 aliphatic heterocycles. The maximum absolute atomic E-state index is 12.9. The first-order chi connectivity index (χ1) is 14.6. The molecule has 0 bridgehead atoms. The fraction of sp³-hybridized carbons (Fsp3) is 0.273. The van der Waals surface area contributed by atoms with Gasteiger partial charge in [-0.2, -0.15) is 4.98 Å². The zero-order valence-corrected chi connectivity index (χ0v) is 17.4. The van der Waals surface area contributed by atoms with Crippen LogP contribution in [0.4, 0.5) is 5.69 Å². The van der Waals surface area contributed by atoms with Gasteiger partial charge in [-0.05, 0) is 43.2 Å². The van der Waals surface area contributed by atoms with Crippen LogP contribution in [-0.2, 0) is 17.1 Å². The topological polar surface area (TPSA) is 88.3 Å². The van der Waals surface area contributed by atoms with Gasteiger partial charge in [0.15, 0.2) is 5.82 Å². The molecule has 1 aliphatic rings. The van der Waals surface area contributed by atoms with Crippen LogP contribution in [0.15, 0.2) is 57.9 Å². The summed E-state index contributed by atoms with van der Waals surface area (Å²) in [5.41, 5.74) is 2.29. The third-order valence-corrected chi connectivity index (χ3v) is 5.84. The van der Waals surface area contributed by atoms with E-state index in [0.717, 1.165) is 23.4 Å². The lowest BCUT2D eigenvalue weighted by molar-refractivity contribution is -0.128. The normalized spacial score (nSPS) is 13.6. The first-order valence-electron chi connectivity index (χ1n) is 9.77. The summed E-state index contributed by atoms with van der Waals surface area (Å²) >= 11 is 1.48. The van der Waals surface area contributed by atoms with E-state index in [9.17, 15) is 9.59 Å². The van der Waals surface area contributed by atoms with Crippen LogP contribution in [0.5, 0.6) is 0 Å². The first kappa shape index (κ1) is 20.2. The van der Waals surface area contributed by atoms with Crippen molar-refractivity contribution in [3.63, 3.8) is 0 Å². The van der Waals surface area contributed by atoms with Gasteiger partial charge >= 0.3 is 0 Å². The molecule has 0 saturated carbocycles. The van der Waals surface area contributed by atoms with Gasteiger partial charge in [-0.3, -0.25) is 9.59 Å². The Balaban J connectivity index is 1.43. The third-order valence-electron chi connectivity index (χ3n) is 4.78. The first-order valence-corrected chi connectivity index (χ1v) is 10.8. The highest BCUT2D eigenvalue weighted by molar-refractivity contribution is 7.98. The molecule has 4 rings (SSSR count). The average Bonchev–Trinajstić information content (AvgIpc) is 3.35. The molecular formula is C22H22N4O3S. The van der Waals surface area contributed by atoms with Crippen molar-refractivity contribution in [3.8, 4) is 0 Å². The minimum atomic E-state index is -0.186. The molecule has 2 heterocycles. The molecule has 1 fully saturated rings. The summed E-state index contributed by atoms with van der Waals surface area (Å²) in [6.45, 7) is 3.13. The molecule has 1 N–H and O–H groups in total. The molecule has 1 aromatic heterocycles. The molecule has 7 nitrogen and oxygen atoms in total. The van der Waals surface area contributed by atoms with Gasteiger partial charge < -0.3 is 14.7 Å². The molecule has 0 unspecified atom stereocenters. The predicted octanol–water partition coefficient (Wildman–Crippen LogP) is 4.05. The molecule has 0 aliphatic carbocycles. The van der Waals surface area contributed by atoms with Crippen LogP contribution in [0.25, 0.3) is 0 Å². The lowest BCUT2D eigenvalue weighted by Gasteiger charge is -2.16. The molecule has 0 spiro atoms. The van der Waals surface area contributed by atoms with E-state index in [1.54, 1.807) is 13.0 Å². The molecular weight excluding hydrogens is 400 g/mol. The van der Waals surface area contributed by atoms with Crippen LogP contribution < -0.4 is 5.32 Å². The molecule has 2 aromatic carbocycles. The summed E-state index contributed by atoms with van der Waals surface area (Å²) < 4.78 is 5.15. The van der Waals surface area contributed by atoms with Gasteiger partial charge in [-0.25, -0.2) is 0 Å². The molecule has 154 valence electrons. The highest BCUT2D eigenvalue weighted by atomic mass is 32.2. The Hall–Kier alpha value is -3.13. The van der Waals surface area contributed by atoms with Crippen LogP contribution in [0.3, 0.4) is 0 Å². The van der Waals surface area contributed by atoms with Crippen molar-refractivity contribution >= 4 is 29.3 Å². The van der Waals surface area contributed by atoms with Crippen LogP contribution in [0, 0.1) is 6.92 Å². The van der Waals surface area contributed by atoms with Crippen molar-refractivity contribution in [2.75, 3.05) is 11.9 Å². The number of aryl methyl sites for hydroxylation is 1. The van der Waals surface area contributed by atoms with Crippen LogP contribution >= 0.6 is 11.8 Å². The fourth-order valence-electron chi connectivity index (χ4n) is 3.36. The van der Waals surface area contributed by atoms with Crippen molar-refractivity contribution in [1.82, 2.24) is 15.0 Å². The fourth-order valence-corrected chi connectivity index (χ4v) is 4.24. The SMILES string of the molecule is Cc1noc(CSc2ccccc2C(=O)Nc2cccc(CN3CCCC3=O)c2)n1. The number of likely N-dealkylation sites (tertiary alicyclic amines) is 1. The van der Waals surface area contributed by atoms with Crippen LogP contribution in [0.1, 0.15) is 40.5 Å². The van der Waals surface area contributed by atoms with Crippen molar-refractivity contribution in [2.24, 2.45) is 0 Å². The summed E-state index contributed by atoms with van der Waals surface area (Å²) in [5, 5.41) is 6.76. The van der Waals surface area contributed by atoms with Crippen molar-refractivity contribution in [1.29, 1.82) is 0 Å². The molecule has 1 saturated heterocycles. The molecule has 3 aromatic rings. The zero-order valence-electron chi connectivity index (χ0n) is 16.6. The molecule has 0 atom stereocenters. The van der Waals surface area contributed by atoms with E-state index in [1.165, 1.54) is 11.8 Å². The molecule has 8 heteroatoms. The quantitative estimate of drug-likeness (QED) is 0.578. The third kappa shape index (κ3) is 4.88. The minimum absolute atomic E-state index is 0.186. The number of rotatable bonds is 7. The lowest BCUT2D eigenvalue weighted by atomic mass is 10.1. The van der Waals surface area contributed by atoms with Crippen molar-refractivity contribution in [2.45, 2.75) is 37.0 Å². The molecule has 30 heavy (non-hydrogen) atoms. The Labute approximate surface area is 178 Å². The largest absolute Gasteiger partial charge is 0.338 e. The van der Waals surface area contributed by atoms with E-state index in [2.05, 4.69) is 15.5 Å². The number of hydrogen-bond donors (Lipinski definition) is 1. The second-order valence-electron chi connectivity index (χ2n) is 7.09. The van der Waals surface area contributed by atoms with E-state index in [-0.39, 0.29) is 11.8 Å². The van der Waals surface area contributed by atoms with E-state index in [0.29, 0.717) is 41.7 Å². The van der Waals surface area contributed by atoms with Gasteiger partial charge in [-0.1, -0.05) is 29.4 Å². The zero-order chi connectivity index (χ0) is 20.9. The van der Waals surface area contributed by atoms with Crippen molar-refractivity contribution in [3.05, 3.63) is 71.4 Å². The second-order valence-corrected chi connectivity index (χ2v) is 8.11. The van der Waals surface area contributed by atoms with Crippen molar-refractivity contribution < 1.29 is 14.1 Å². The Bertz CT molecular complexity index is 1070. The van der Waals surface area contributed by atoms with Gasteiger partial charge in [0.25, 0.3) is 5.91 Å². The number of carbonyl (C=O) groups excluding carboxylic acids is 2. The Kier molecular flexibility index (Phi) is 6.13. The highest BCUT2D eigenvalue weighted by Gasteiger charge is 2.20. The second kappa shape index (κ2) is 9.13. The summed E-state index contributed by atoms with van der Waals surface area (Å²) in [4.78, 5) is 31.7. The van der Waals surface area contributed by atoms with Gasteiger partial charge in [0.05, 0.1) is 11.3 Å². The smallest absolute Gasteiger partial charge is 0.256 e. The van der Waals surface area contributed by atoms with E-state index in [1.807, 2.05) is 47.4 Å². The Morgan fingerprint density at radius 2 is 2.10 bits per heavy atom. The van der Waals surface area contributed by atoms with Crippen LogP contribution in [0.2, 0.25) is 0 Å². The average molecular weight is 423 g/mol. The monoisotopic (exact) mass is 422 g/mol. The summed E-state index contributed by atoms with van der Waals surface area (Å²) in [6, 6.07) is 15.1. The standard InChI is InChI=1S/C22H22N4O3S/c1-15-23-20(29-25-15)14-30-19-9-3-2-8-18(19)22(28)24-17-7-4-6-16(12-17)13-26-11-5-10-21(26)27/h2-4,6-9,12H,5,10-11,13-14H2,1H3,(H,24,28). The van der Waals surface area contributed by atoms with Gasteiger partial charge in [0, 0.05) is 30.1 Å². The number of aromatic nitrogens is 2. The molecule has 2 amide bonds. The van der Waals surface area contributed by atoms with Gasteiger partial charge in [0.1, 0.15) is 0 Å². The maximum atomic E-state index is 12.9. The number of hydrogen-bond acceptors (Lipinski definition) is 6. The Morgan fingerprint density at radius 3 is 2.87 bits per heavy atom. The lowest BCUT2D eigenvalue weighted by Crippen LogP contribution is -2.23. The van der Waals surface area contributed by atoms with E-state index in [4.69, 9.17) is 4.52 Å². The number of carbonyl (C=O) groups is 2. The molecule has 0 radical (unpaired) electrons. The van der Waals surface area contributed by atoms with E-state index >= 15 is 0 Å². The number of anilines is 1. The highest BCUT2D eigenvalue weighted by Crippen LogP contribution is 2.27. The van der Waals surface area contributed by atoms with Gasteiger partial charge in [0.2, 0.25) is 11.8 Å². The van der Waals surface area contributed by atoms with Gasteiger partial charge in [-0.15, -0.1) is 11.8 Å². The van der Waals surface area contributed by atoms with E-state index < -0.39 is 0 Å². The predicted molar refractivity (Wildman–Crippen MR) is 114 cm³/mol. The number of thioether (sulfide) groups is 1. The summed E-state index contributed by atoms with van der Waals surface area (Å²) in [7, 11) is 0. The number of nitrogens with zero attached hydrogens (tertiary/aromatic N) is 3. The Morgan fingerprint density at radius 1 is 1.23 bits per heavy atom. The van der Waals surface area contributed by atoms with Crippen LogP contribution in [-0.4, -0.2) is 33.4 Å². The summed E-state index contributed by atoms with van der Waals surface area (Å²) in [6.07, 6.45) is 1.53. The number of amides is 2.